The summed E-state index contributed by atoms with van der Waals surface area (Å²) in [5, 5.41) is 0. The van der Waals surface area contributed by atoms with Crippen molar-refractivity contribution >= 4 is 11.0 Å². The van der Waals surface area contributed by atoms with Crippen molar-refractivity contribution in [3.8, 4) is 0 Å². The summed E-state index contributed by atoms with van der Waals surface area (Å²) in [7, 11) is 2.11. The van der Waals surface area contributed by atoms with Gasteiger partial charge < -0.3 is 4.57 Å². The van der Waals surface area contributed by atoms with E-state index in [9.17, 15) is 0 Å². The standard InChI is InChI=1S/C19H23N5/c1-22-18-7-3-2-6-17(18)21-19(22)15-24-11-9-23(10-12-24)14-16-5-4-8-20-13-16/h2-8,13H,9-12,14-15H2,1H3. The molecule has 5 heteroatoms. The van der Waals surface area contributed by atoms with E-state index in [1.54, 1.807) is 0 Å². The molecule has 0 saturated carbocycles. The van der Waals surface area contributed by atoms with Crippen LogP contribution in [0.3, 0.4) is 0 Å². The number of fused-ring (bicyclic) bond motifs is 1. The highest BCUT2D eigenvalue weighted by Gasteiger charge is 2.19. The van der Waals surface area contributed by atoms with Gasteiger partial charge in [-0.2, -0.15) is 0 Å². The molecule has 0 radical (unpaired) electrons. The highest BCUT2D eigenvalue weighted by Crippen LogP contribution is 2.16. The molecule has 4 rings (SSSR count). The van der Waals surface area contributed by atoms with Gasteiger partial charge in [0.1, 0.15) is 5.82 Å². The van der Waals surface area contributed by atoms with Gasteiger partial charge in [0.05, 0.1) is 17.6 Å². The summed E-state index contributed by atoms with van der Waals surface area (Å²) in [5.74, 6) is 1.15. The number of nitrogens with zero attached hydrogens (tertiary/aromatic N) is 5. The molecule has 2 aromatic heterocycles. The molecule has 0 aliphatic carbocycles. The lowest BCUT2D eigenvalue weighted by Crippen LogP contribution is -2.45. The average Bonchev–Trinajstić information content (AvgIpc) is 2.94. The SMILES string of the molecule is Cn1c(CN2CCN(Cc3cccnc3)CC2)nc2ccccc21. The van der Waals surface area contributed by atoms with Gasteiger partial charge in [-0.05, 0) is 23.8 Å². The molecule has 1 aliphatic heterocycles. The second kappa shape index (κ2) is 6.71. The van der Waals surface area contributed by atoms with Gasteiger partial charge in [0, 0.05) is 52.2 Å². The number of aromatic nitrogens is 3. The van der Waals surface area contributed by atoms with Crippen molar-refractivity contribution < 1.29 is 0 Å². The molecule has 1 aliphatic rings. The van der Waals surface area contributed by atoms with Crippen LogP contribution in [0, 0.1) is 0 Å². The van der Waals surface area contributed by atoms with Crippen LogP contribution in [0.5, 0.6) is 0 Å². The van der Waals surface area contributed by atoms with Crippen LogP contribution in [-0.4, -0.2) is 50.5 Å². The number of para-hydroxylation sites is 2. The van der Waals surface area contributed by atoms with Gasteiger partial charge in [0.15, 0.2) is 0 Å². The number of hydrogen-bond acceptors (Lipinski definition) is 4. The first-order valence-corrected chi connectivity index (χ1v) is 8.53. The normalized spacial score (nSPS) is 16.7. The largest absolute Gasteiger partial charge is 0.330 e. The molecular formula is C19H23N5. The molecule has 1 saturated heterocycles. The first kappa shape index (κ1) is 15.3. The van der Waals surface area contributed by atoms with E-state index in [1.165, 1.54) is 11.1 Å². The Morgan fingerprint density at radius 2 is 1.67 bits per heavy atom. The minimum atomic E-state index is 0.923. The number of imidazole rings is 1. The molecule has 0 atom stereocenters. The number of benzene rings is 1. The summed E-state index contributed by atoms with van der Waals surface area (Å²) < 4.78 is 2.22. The second-order valence-electron chi connectivity index (χ2n) is 6.49. The molecule has 0 N–H and O–H groups in total. The molecule has 5 nitrogen and oxygen atoms in total. The van der Waals surface area contributed by atoms with Gasteiger partial charge in [-0.25, -0.2) is 4.98 Å². The van der Waals surface area contributed by atoms with Crippen LogP contribution in [0.4, 0.5) is 0 Å². The number of pyridine rings is 1. The van der Waals surface area contributed by atoms with E-state index in [1.807, 2.05) is 18.5 Å². The van der Waals surface area contributed by atoms with Crippen LogP contribution in [0.25, 0.3) is 11.0 Å². The predicted octanol–water partition coefficient (Wildman–Crippen LogP) is 2.29. The Morgan fingerprint density at radius 3 is 2.38 bits per heavy atom. The van der Waals surface area contributed by atoms with Gasteiger partial charge >= 0.3 is 0 Å². The highest BCUT2D eigenvalue weighted by atomic mass is 15.3. The van der Waals surface area contributed by atoms with Gasteiger partial charge in [-0.1, -0.05) is 18.2 Å². The van der Waals surface area contributed by atoms with Crippen LogP contribution >= 0.6 is 0 Å². The fraction of sp³-hybridized carbons (Fsp3) is 0.368. The summed E-state index contributed by atoms with van der Waals surface area (Å²) in [4.78, 5) is 14.0. The Hall–Kier alpha value is -2.24. The van der Waals surface area contributed by atoms with E-state index in [4.69, 9.17) is 4.98 Å². The third-order valence-electron chi connectivity index (χ3n) is 4.84. The highest BCUT2D eigenvalue weighted by molar-refractivity contribution is 5.75. The Bertz CT molecular complexity index is 803. The number of piperazine rings is 1. The minimum absolute atomic E-state index is 0.923. The summed E-state index contributed by atoms with van der Waals surface area (Å²) in [6, 6.07) is 12.5. The molecule has 0 spiro atoms. The lowest BCUT2D eigenvalue weighted by Gasteiger charge is -2.34. The number of aryl methyl sites for hydroxylation is 1. The Kier molecular flexibility index (Phi) is 4.28. The summed E-state index contributed by atoms with van der Waals surface area (Å²) >= 11 is 0. The van der Waals surface area contributed by atoms with E-state index < -0.39 is 0 Å². The maximum absolute atomic E-state index is 4.79. The van der Waals surface area contributed by atoms with Crippen molar-refractivity contribution in [2.75, 3.05) is 26.2 Å². The third kappa shape index (κ3) is 3.18. The molecule has 24 heavy (non-hydrogen) atoms. The molecular weight excluding hydrogens is 298 g/mol. The molecule has 124 valence electrons. The molecule has 0 bridgehead atoms. The predicted molar refractivity (Wildman–Crippen MR) is 95.5 cm³/mol. The first-order chi connectivity index (χ1) is 11.8. The average molecular weight is 321 g/mol. The van der Waals surface area contributed by atoms with Crippen LogP contribution in [0.2, 0.25) is 0 Å². The van der Waals surface area contributed by atoms with Gasteiger partial charge in [0.2, 0.25) is 0 Å². The fourth-order valence-corrected chi connectivity index (χ4v) is 3.39. The van der Waals surface area contributed by atoms with Crippen molar-refractivity contribution in [1.29, 1.82) is 0 Å². The topological polar surface area (TPSA) is 37.2 Å². The minimum Gasteiger partial charge on any atom is -0.330 e. The zero-order valence-electron chi connectivity index (χ0n) is 14.1. The van der Waals surface area contributed by atoms with Crippen molar-refractivity contribution in [2.45, 2.75) is 13.1 Å². The summed E-state index contributed by atoms with van der Waals surface area (Å²) in [6.45, 7) is 6.28. The van der Waals surface area contributed by atoms with Crippen molar-refractivity contribution in [3.05, 3.63) is 60.2 Å². The molecule has 0 unspecified atom stereocenters. The molecule has 1 fully saturated rings. The number of hydrogen-bond donors (Lipinski definition) is 0. The Morgan fingerprint density at radius 1 is 0.917 bits per heavy atom. The van der Waals surface area contributed by atoms with E-state index in [2.05, 4.69) is 56.7 Å². The smallest absolute Gasteiger partial charge is 0.123 e. The van der Waals surface area contributed by atoms with Gasteiger partial charge in [-0.3, -0.25) is 14.8 Å². The fourth-order valence-electron chi connectivity index (χ4n) is 3.39. The van der Waals surface area contributed by atoms with Crippen LogP contribution in [0.1, 0.15) is 11.4 Å². The van der Waals surface area contributed by atoms with Gasteiger partial charge in [0.25, 0.3) is 0 Å². The van der Waals surface area contributed by atoms with E-state index in [-0.39, 0.29) is 0 Å². The third-order valence-corrected chi connectivity index (χ3v) is 4.84. The zero-order valence-corrected chi connectivity index (χ0v) is 14.1. The number of rotatable bonds is 4. The van der Waals surface area contributed by atoms with Crippen molar-refractivity contribution in [3.63, 3.8) is 0 Å². The van der Waals surface area contributed by atoms with E-state index >= 15 is 0 Å². The molecule has 1 aromatic carbocycles. The van der Waals surface area contributed by atoms with Gasteiger partial charge in [-0.15, -0.1) is 0 Å². The monoisotopic (exact) mass is 321 g/mol. The zero-order chi connectivity index (χ0) is 16.4. The van der Waals surface area contributed by atoms with Crippen LogP contribution < -0.4 is 0 Å². The molecule has 3 heterocycles. The van der Waals surface area contributed by atoms with Crippen LogP contribution in [0.15, 0.2) is 48.8 Å². The van der Waals surface area contributed by atoms with Crippen LogP contribution in [-0.2, 0) is 20.1 Å². The lowest BCUT2D eigenvalue weighted by atomic mass is 10.2. The van der Waals surface area contributed by atoms with Crippen molar-refractivity contribution in [2.24, 2.45) is 7.05 Å². The molecule has 0 amide bonds. The lowest BCUT2D eigenvalue weighted by molar-refractivity contribution is 0.119. The first-order valence-electron chi connectivity index (χ1n) is 8.53. The summed E-state index contributed by atoms with van der Waals surface area (Å²) in [5.41, 5.74) is 3.59. The maximum atomic E-state index is 4.79. The second-order valence-corrected chi connectivity index (χ2v) is 6.49. The Labute approximate surface area is 142 Å². The summed E-state index contributed by atoms with van der Waals surface area (Å²) in [6.07, 6.45) is 3.80. The van der Waals surface area contributed by atoms with E-state index in [0.717, 1.165) is 50.6 Å². The quantitative estimate of drug-likeness (QED) is 0.739. The van der Waals surface area contributed by atoms with E-state index in [0.29, 0.717) is 0 Å². The Balaban J connectivity index is 1.36. The molecule has 3 aromatic rings. The van der Waals surface area contributed by atoms with Crippen molar-refractivity contribution in [1.82, 2.24) is 24.3 Å². The maximum Gasteiger partial charge on any atom is 0.123 e.